The van der Waals surface area contributed by atoms with Crippen molar-refractivity contribution in [2.75, 3.05) is 50.7 Å². The summed E-state index contributed by atoms with van der Waals surface area (Å²) >= 11 is 0. The minimum absolute atomic E-state index is 0.420. The van der Waals surface area contributed by atoms with E-state index in [4.69, 9.17) is 5.73 Å². The summed E-state index contributed by atoms with van der Waals surface area (Å²) in [6, 6.07) is 3.64. The lowest BCUT2D eigenvalue weighted by Crippen LogP contribution is -2.50. The molecule has 1 aromatic heterocycles. The van der Waals surface area contributed by atoms with Gasteiger partial charge in [0.05, 0.1) is 5.56 Å². The molecule has 3 rings (SSSR count). The molecule has 1 amide bonds. The number of nitrogens with one attached hydrogen (secondary N) is 1. The van der Waals surface area contributed by atoms with Gasteiger partial charge in [-0.3, -0.25) is 9.69 Å². The Morgan fingerprint density at radius 2 is 2.14 bits per heavy atom. The van der Waals surface area contributed by atoms with Gasteiger partial charge in [-0.05, 0) is 30.5 Å². The molecular formula is C16H25N5O. The molecule has 1 atom stereocenters. The van der Waals surface area contributed by atoms with Crippen LogP contribution in [0, 0.1) is 5.41 Å². The summed E-state index contributed by atoms with van der Waals surface area (Å²) in [4.78, 5) is 20.3. The largest absolute Gasteiger partial charge is 0.366 e. The fourth-order valence-corrected chi connectivity index (χ4v) is 3.40. The zero-order valence-electron chi connectivity index (χ0n) is 13.2. The molecule has 1 unspecified atom stereocenters. The number of aromatic nitrogens is 1. The molecule has 0 spiro atoms. The number of piperazine rings is 1. The van der Waals surface area contributed by atoms with E-state index >= 15 is 0 Å². The average Bonchev–Trinajstić information content (AvgIpc) is 2.94. The first-order valence-corrected chi connectivity index (χ1v) is 8.00. The van der Waals surface area contributed by atoms with Crippen LogP contribution in [0.4, 0.5) is 5.82 Å². The predicted molar refractivity (Wildman–Crippen MR) is 87.0 cm³/mol. The van der Waals surface area contributed by atoms with Gasteiger partial charge >= 0.3 is 0 Å². The number of carbonyl (C=O) groups is 1. The first kappa shape index (κ1) is 15.2. The molecule has 0 saturated carbocycles. The number of rotatable bonds is 4. The van der Waals surface area contributed by atoms with E-state index in [1.54, 1.807) is 12.3 Å². The van der Waals surface area contributed by atoms with Crippen LogP contribution in [0.25, 0.3) is 0 Å². The Balaban J connectivity index is 1.54. The first-order chi connectivity index (χ1) is 10.6. The van der Waals surface area contributed by atoms with E-state index in [1.807, 2.05) is 6.07 Å². The van der Waals surface area contributed by atoms with Crippen molar-refractivity contribution in [1.82, 2.24) is 15.2 Å². The first-order valence-electron chi connectivity index (χ1n) is 8.00. The molecule has 1 aromatic rings. The van der Waals surface area contributed by atoms with Gasteiger partial charge in [0.25, 0.3) is 0 Å². The van der Waals surface area contributed by atoms with Crippen LogP contribution >= 0.6 is 0 Å². The summed E-state index contributed by atoms with van der Waals surface area (Å²) in [5.41, 5.74) is 6.13. The Kier molecular flexibility index (Phi) is 4.31. The number of hydrogen-bond donors (Lipinski definition) is 2. The molecule has 2 fully saturated rings. The van der Waals surface area contributed by atoms with Crippen molar-refractivity contribution in [2.24, 2.45) is 11.1 Å². The predicted octanol–water partition coefficient (Wildman–Crippen LogP) is 0.302. The third kappa shape index (κ3) is 3.39. The van der Waals surface area contributed by atoms with E-state index in [1.165, 1.54) is 13.0 Å². The summed E-state index contributed by atoms with van der Waals surface area (Å²) in [6.07, 6.45) is 2.83. The van der Waals surface area contributed by atoms with Crippen LogP contribution in [0.3, 0.4) is 0 Å². The van der Waals surface area contributed by atoms with Gasteiger partial charge in [0.15, 0.2) is 0 Å². The Hall–Kier alpha value is -1.66. The number of primary amides is 1. The van der Waals surface area contributed by atoms with Gasteiger partial charge in [-0.1, -0.05) is 6.92 Å². The maximum Gasteiger partial charge on any atom is 0.250 e. The van der Waals surface area contributed by atoms with E-state index in [-0.39, 0.29) is 0 Å². The highest BCUT2D eigenvalue weighted by Crippen LogP contribution is 2.26. The van der Waals surface area contributed by atoms with Crippen LogP contribution in [0.1, 0.15) is 23.7 Å². The topological polar surface area (TPSA) is 74.5 Å². The third-order valence-corrected chi connectivity index (χ3v) is 4.79. The molecule has 120 valence electrons. The van der Waals surface area contributed by atoms with Crippen LogP contribution < -0.4 is 16.0 Å². The molecule has 3 N–H and O–H groups in total. The van der Waals surface area contributed by atoms with Crippen LogP contribution in [0.2, 0.25) is 0 Å². The fourth-order valence-electron chi connectivity index (χ4n) is 3.40. The Morgan fingerprint density at radius 1 is 1.36 bits per heavy atom. The molecule has 0 aliphatic carbocycles. The summed E-state index contributed by atoms with van der Waals surface area (Å²) in [7, 11) is 0. The lowest BCUT2D eigenvalue weighted by molar-refractivity contribution is 0.1000. The number of carbonyl (C=O) groups excluding carboxylic acids is 1. The van der Waals surface area contributed by atoms with Crippen LogP contribution in [0.15, 0.2) is 18.3 Å². The highest BCUT2D eigenvalue weighted by molar-refractivity contribution is 5.92. The average molecular weight is 303 g/mol. The summed E-state index contributed by atoms with van der Waals surface area (Å²) in [5.74, 6) is 0.501. The summed E-state index contributed by atoms with van der Waals surface area (Å²) in [5, 5.41) is 3.47. The van der Waals surface area contributed by atoms with Crippen LogP contribution in [0.5, 0.6) is 0 Å². The van der Waals surface area contributed by atoms with Crippen molar-refractivity contribution in [3.05, 3.63) is 23.9 Å². The lowest BCUT2D eigenvalue weighted by atomic mass is 9.89. The normalized spacial score (nSPS) is 26.3. The zero-order valence-corrected chi connectivity index (χ0v) is 13.2. The Labute approximate surface area is 131 Å². The number of hydrogen-bond acceptors (Lipinski definition) is 5. The van der Waals surface area contributed by atoms with E-state index in [2.05, 4.69) is 27.0 Å². The molecular weight excluding hydrogens is 278 g/mol. The van der Waals surface area contributed by atoms with Gasteiger partial charge in [-0.25, -0.2) is 4.98 Å². The maximum atomic E-state index is 11.1. The number of nitrogens with zero attached hydrogens (tertiary/aromatic N) is 3. The SMILES string of the molecule is CC1(CN2CCN(c3ccc(C(N)=O)cn3)CC2)CCNC1. The second-order valence-electron chi connectivity index (χ2n) is 6.77. The quantitative estimate of drug-likeness (QED) is 0.837. The minimum Gasteiger partial charge on any atom is -0.366 e. The van der Waals surface area contributed by atoms with Crippen molar-refractivity contribution in [3.63, 3.8) is 0 Å². The van der Waals surface area contributed by atoms with Crippen molar-refractivity contribution in [3.8, 4) is 0 Å². The van der Waals surface area contributed by atoms with E-state index in [0.29, 0.717) is 11.0 Å². The second-order valence-corrected chi connectivity index (χ2v) is 6.77. The third-order valence-electron chi connectivity index (χ3n) is 4.79. The summed E-state index contributed by atoms with van der Waals surface area (Å²) in [6.45, 7) is 9.91. The van der Waals surface area contributed by atoms with Gasteiger partial charge < -0.3 is 16.0 Å². The molecule has 0 aromatic carbocycles. The lowest BCUT2D eigenvalue weighted by Gasteiger charge is -2.39. The number of amides is 1. The fraction of sp³-hybridized carbons (Fsp3) is 0.625. The molecule has 22 heavy (non-hydrogen) atoms. The summed E-state index contributed by atoms with van der Waals surface area (Å²) < 4.78 is 0. The van der Waals surface area contributed by atoms with Crippen LogP contribution in [-0.2, 0) is 0 Å². The number of pyridine rings is 1. The van der Waals surface area contributed by atoms with Gasteiger partial charge in [0.1, 0.15) is 5.82 Å². The van der Waals surface area contributed by atoms with E-state index in [0.717, 1.165) is 45.1 Å². The molecule has 0 bridgehead atoms. The molecule has 2 aliphatic heterocycles. The molecule has 6 nitrogen and oxygen atoms in total. The molecule has 2 saturated heterocycles. The molecule has 3 heterocycles. The number of anilines is 1. The molecule has 6 heteroatoms. The zero-order chi connectivity index (χ0) is 15.6. The highest BCUT2D eigenvalue weighted by Gasteiger charge is 2.31. The minimum atomic E-state index is -0.428. The van der Waals surface area contributed by atoms with Crippen molar-refractivity contribution >= 4 is 11.7 Å². The second kappa shape index (κ2) is 6.22. The Bertz CT molecular complexity index is 516. The van der Waals surface area contributed by atoms with Gasteiger partial charge in [-0.2, -0.15) is 0 Å². The highest BCUT2D eigenvalue weighted by atomic mass is 16.1. The van der Waals surface area contributed by atoms with Crippen molar-refractivity contribution in [1.29, 1.82) is 0 Å². The Morgan fingerprint density at radius 3 is 2.68 bits per heavy atom. The van der Waals surface area contributed by atoms with Gasteiger partial charge in [-0.15, -0.1) is 0 Å². The maximum absolute atomic E-state index is 11.1. The molecule has 2 aliphatic rings. The van der Waals surface area contributed by atoms with Gasteiger partial charge in [0, 0.05) is 45.5 Å². The number of nitrogens with two attached hydrogens (primary N) is 1. The van der Waals surface area contributed by atoms with Crippen molar-refractivity contribution in [2.45, 2.75) is 13.3 Å². The van der Waals surface area contributed by atoms with E-state index in [9.17, 15) is 4.79 Å². The molecule has 0 radical (unpaired) electrons. The monoisotopic (exact) mass is 303 g/mol. The van der Waals surface area contributed by atoms with Crippen LogP contribution in [-0.4, -0.2) is 61.6 Å². The standard InChI is InChI=1S/C16H25N5O/c1-16(4-5-18-11-16)12-20-6-8-21(9-7-20)14-3-2-13(10-19-14)15(17)22/h2-3,10,18H,4-9,11-12H2,1H3,(H2,17,22). The van der Waals surface area contributed by atoms with Crippen molar-refractivity contribution < 1.29 is 4.79 Å². The smallest absolute Gasteiger partial charge is 0.250 e. The van der Waals surface area contributed by atoms with E-state index < -0.39 is 5.91 Å². The van der Waals surface area contributed by atoms with Gasteiger partial charge in [0.2, 0.25) is 5.91 Å².